The Balaban J connectivity index is 1.15. The molecule has 3 amide bonds. The molecule has 0 aromatic heterocycles. The molecule has 2 aliphatic heterocycles. The summed E-state index contributed by atoms with van der Waals surface area (Å²) in [5.74, 6) is 0.335. The number of likely N-dealkylation sites (tertiary alicyclic amines) is 1. The fraction of sp³-hybridized carbons (Fsp3) is 0.475. The molecule has 3 aromatic rings. The number of nitrogens with one attached hydrogen (secondary N) is 2. The van der Waals surface area contributed by atoms with E-state index in [2.05, 4.69) is 20.4 Å². The van der Waals surface area contributed by atoms with E-state index in [-0.39, 0.29) is 17.6 Å². The number of ether oxygens (including phenoxy) is 1. The van der Waals surface area contributed by atoms with E-state index >= 15 is 0 Å². The number of rotatable bonds is 12. The van der Waals surface area contributed by atoms with E-state index < -0.39 is 23.8 Å². The zero-order chi connectivity index (χ0) is 38.1. The molecule has 0 spiro atoms. The number of benzene rings is 3. The van der Waals surface area contributed by atoms with Gasteiger partial charge in [-0.2, -0.15) is 0 Å². The highest BCUT2D eigenvalue weighted by molar-refractivity contribution is 7.99. The number of carboxylic acid groups (broad SMARTS) is 1. The minimum absolute atomic E-state index is 0.109. The van der Waals surface area contributed by atoms with Gasteiger partial charge in [-0.15, -0.1) is 11.8 Å². The number of amides is 3. The molecular weight excluding hydrogens is 717 g/mol. The lowest BCUT2D eigenvalue weighted by Gasteiger charge is -2.40. The normalized spacial score (nSPS) is 16.6. The fourth-order valence-corrected chi connectivity index (χ4v) is 8.07. The second kappa shape index (κ2) is 18.5. The molecule has 10 nitrogen and oxygen atoms in total. The van der Waals surface area contributed by atoms with Crippen LogP contribution in [0.25, 0.3) is 11.1 Å². The molecule has 3 N–H and O–H groups in total. The zero-order valence-corrected chi connectivity index (χ0v) is 32.6. The average molecular weight is 768 g/mol. The third-order valence-electron chi connectivity index (χ3n) is 9.64. The number of piperidine rings is 1. The lowest BCUT2D eigenvalue weighted by Crippen LogP contribution is -2.57. The van der Waals surface area contributed by atoms with Gasteiger partial charge in [-0.25, -0.2) is 14.0 Å². The predicted molar refractivity (Wildman–Crippen MR) is 209 cm³/mol. The van der Waals surface area contributed by atoms with Crippen molar-refractivity contribution in [3.8, 4) is 11.1 Å². The standard InChI is InChI=1S/C40H51ClFN5O5S/c1-5-53-35-25-32(42)11-9-30(35)26-46-19-21-47(22-20-46)37(48)36(44-38(49)50)27-13-16-45(17-14-27)18-15-29-23-31(41)10-12-34(29)28-7-6-8-33(24-28)43-39(51)52-40(2,3)4/h6-12,23-25,27,36,44H,5,13-22,26H2,1-4H3,(H,43,51)(H,49,50)/t36-/m1/s1. The Hall–Kier alpha value is -3.84. The number of hydrogen-bond donors (Lipinski definition) is 3. The SMILES string of the molecule is CCSc1cc(F)ccc1CN1CCN(C(=O)[C@H](NC(=O)O)C2CCN(CCc3cc(Cl)ccc3-c3cccc(NC(=O)OC(C)(C)C)c3)CC2)CC1. The highest BCUT2D eigenvalue weighted by Gasteiger charge is 2.36. The molecule has 286 valence electrons. The highest BCUT2D eigenvalue weighted by Crippen LogP contribution is 2.31. The second-order valence-electron chi connectivity index (χ2n) is 14.7. The first-order valence-corrected chi connectivity index (χ1v) is 19.7. The summed E-state index contributed by atoms with van der Waals surface area (Å²) < 4.78 is 19.3. The highest BCUT2D eigenvalue weighted by atomic mass is 35.5. The molecule has 5 rings (SSSR count). The maximum absolute atomic E-state index is 13.9. The van der Waals surface area contributed by atoms with Gasteiger partial charge in [0.1, 0.15) is 17.5 Å². The number of halogens is 2. The van der Waals surface area contributed by atoms with Crippen LogP contribution in [0.4, 0.5) is 19.7 Å². The van der Waals surface area contributed by atoms with E-state index in [1.54, 1.807) is 22.7 Å². The van der Waals surface area contributed by atoms with Crippen LogP contribution in [-0.2, 0) is 22.5 Å². The van der Waals surface area contributed by atoms with Gasteiger partial charge in [0.25, 0.3) is 0 Å². The molecule has 0 aliphatic carbocycles. The van der Waals surface area contributed by atoms with Gasteiger partial charge < -0.3 is 25.0 Å². The van der Waals surface area contributed by atoms with Crippen LogP contribution in [0, 0.1) is 11.7 Å². The van der Waals surface area contributed by atoms with Crippen molar-refractivity contribution in [1.82, 2.24) is 20.0 Å². The summed E-state index contributed by atoms with van der Waals surface area (Å²) in [5.41, 5.74) is 4.14. The molecular formula is C40H51ClFN5O5S. The smallest absolute Gasteiger partial charge is 0.412 e. The predicted octanol–water partition coefficient (Wildman–Crippen LogP) is 7.84. The molecule has 2 heterocycles. The number of carbonyl (C=O) groups excluding carboxylic acids is 2. The zero-order valence-electron chi connectivity index (χ0n) is 31.0. The number of thioether (sulfide) groups is 1. The van der Waals surface area contributed by atoms with E-state index in [4.69, 9.17) is 16.3 Å². The Morgan fingerprint density at radius 3 is 2.38 bits per heavy atom. The third-order valence-corrected chi connectivity index (χ3v) is 10.9. The number of piperazine rings is 1. The molecule has 2 fully saturated rings. The molecule has 0 radical (unpaired) electrons. The van der Waals surface area contributed by atoms with Gasteiger partial charge in [-0.05, 0) is 123 Å². The fourth-order valence-electron chi connectivity index (χ4n) is 7.05. The Morgan fingerprint density at radius 1 is 0.962 bits per heavy atom. The Labute approximate surface area is 321 Å². The first-order chi connectivity index (χ1) is 25.3. The third kappa shape index (κ3) is 11.8. The molecule has 0 bridgehead atoms. The van der Waals surface area contributed by atoms with Crippen molar-refractivity contribution in [3.63, 3.8) is 0 Å². The van der Waals surface area contributed by atoms with Gasteiger partial charge >= 0.3 is 12.2 Å². The Bertz CT molecular complexity index is 1740. The van der Waals surface area contributed by atoms with Gasteiger partial charge in [-0.3, -0.25) is 15.0 Å². The van der Waals surface area contributed by atoms with Gasteiger partial charge in [-0.1, -0.05) is 42.8 Å². The molecule has 13 heteroatoms. The van der Waals surface area contributed by atoms with Gasteiger partial charge in [0, 0.05) is 54.9 Å². The molecule has 1 atom stereocenters. The van der Waals surface area contributed by atoms with Crippen LogP contribution in [-0.4, -0.2) is 101 Å². The van der Waals surface area contributed by atoms with Crippen LogP contribution < -0.4 is 10.6 Å². The molecule has 2 saturated heterocycles. The summed E-state index contributed by atoms with van der Waals surface area (Å²) in [6.07, 6.45) is 0.416. The Kier molecular flexibility index (Phi) is 14.1. The van der Waals surface area contributed by atoms with Crippen LogP contribution in [0.1, 0.15) is 51.7 Å². The summed E-state index contributed by atoms with van der Waals surface area (Å²) >= 11 is 8.07. The summed E-state index contributed by atoms with van der Waals surface area (Å²) in [5, 5.41) is 15.7. The average Bonchev–Trinajstić information content (AvgIpc) is 3.10. The van der Waals surface area contributed by atoms with E-state index in [9.17, 15) is 23.9 Å². The Morgan fingerprint density at radius 2 is 1.70 bits per heavy atom. The van der Waals surface area contributed by atoms with E-state index in [1.165, 1.54) is 6.07 Å². The van der Waals surface area contributed by atoms with Crippen LogP contribution in [0.15, 0.2) is 65.6 Å². The van der Waals surface area contributed by atoms with Crippen LogP contribution in [0.2, 0.25) is 5.02 Å². The number of hydrogen-bond acceptors (Lipinski definition) is 7. The van der Waals surface area contributed by atoms with Crippen LogP contribution in [0.5, 0.6) is 0 Å². The quantitative estimate of drug-likeness (QED) is 0.160. The van der Waals surface area contributed by atoms with Crippen molar-refractivity contribution in [2.24, 2.45) is 5.92 Å². The monoisotopic (exact) mass is 767 g/mol. The van der Waals surface area contributed by atoms with Gasteiger partial charge in [0.15, 0.2) is 0 Å². The van der Waals surface area contributed by atoms with Crippen LogP contribution in [0.3, 0.4) is 0 Å². The van der Waals surface area contributed by atoms with E-state index in [0.717, 1.165) is 59.0 Å². The number of nitrogens with zero attached hydrogens (tertiary/aromatic N) is 3. The first-order valence-electron chi connectivity index (χ1n) is 18.3. The first kappa shape index (κ1) is 40.3. The lowest BCUT2D eigenvalue weighted by molar-refractivity contribution is -0.137. The summed E-state index contributed by atoms with van der Waals surface area (Å²) in [6.45, 7) is 12.8. The van der Waals surface area contributed by atoms with Crippen molar-refractivity contribution < 1.29 is 28.6 Å². The topological polar surface area (TPSA) is 114 Å². The number of anilines is 1. The summed E-state index contributed by atoms with van der Waals surface area (Å²) in [4.78, 5) is 45.4. The van der Waals surface area contributed by atoms with Crippen molar-refractivity contribution in [1.29, 1.82) is 0 Å². The van der Waals surface area contributed by atoms with Gasteiger partial charge in [0.2, 0.25) is 5.91 Å². The lowest BCUT2D eigenvalue weighted by atomic mass is 9.88. The maximum Gasteiger partial charge on any atom is 0.412 e. The van der Waals surface area contributed by atoms with Crippen molar-refractivity contribution in [2.45, 2.75) is 70.0 Å². The van der Waals surface area contributed by atoms with Crippen molar-refractivity contribution in [2.75, 3.05) is 56.9 Å². The molecule has 2 aliphatic rings. The summed E-state index contributed by atoms with van der Waals surface area (Å²) in [6, 6.07) is 17.6. The van der Waals surface area contributed by atoms with E-state index in [1.807, 2.05) is 76.2 Å². The molecule has 0 unspecified atom stereocenters. The minimum atomic E-state index is -1.19. The summed E-state index contributed by atoms with van der Waals surface area (Å²) in [7, 11) is 0. The van der Waals surface area contributed by atoms with Crippen molar-refractivity contribution in [3.05, 3.63) is 82.6 Å². The molecule has 53 heavy (non-hydrogen) atoms. The number of carbonyl (C=O) groups is 3. The van der Waals surface area contributed by atoms with E-state index in [0.29, 0.717) is 56.3 Å². The van der Waals surface area contributed by atoms with Crippen LogP contribution >= 0.6 is 23.4 Å². The van der Waals surface area contributed by atoms with Crippen molar-refractivity contribution >= 4 is 47.1 Å². The second-order valence-corrected chi connectivity index (χ2v) is 16.4. The molecule has 3 aromatic carbocycles. The molecule has 0 saturated carbocycles. The minimum Gasteiger partial charge on any atom is -0.465 e. The largest absolute Gasteiger partial charge is 0.465 e. The maximum atomic E-state index is 13.9. The van der Waals surface area contributed by atoms with Gasteiger partial charge in [0.05, 0.1) is 0 Å².